The van der Waals surface area contributed by atoms with E-state index in [2.05, 4.69) is 38.2 Å². The van der Waals surface area contributed by atoms with Gasteiger partial charge in [-0.1, -0.05) is 162 Å². The molecule has 0 aliphatic carbocycles. The Bertz CT molecular complexity index is 1520. The van der Waals surface area contributed by atoms with Gasteiger partial charge in [0.25, 0.3) is 10.1 Å². The first-order valence-electron chi connectivity index (χ1n) is 21.5. The quantitative estimate of drug-likeness (QED) is 0.0163. The second kappa shape index (κ2) is 36.0. The molecule has 0 aromatic carbocycles. The number of hydrogen-bond acceptors (Lipinski definition) is 11. The number of carbonyl (C=O) groups is 2. The number of hydrogen-bond donors (Lipinski definition) is 4. The van der Waals surface area contributed by atoms with E-state index in [0.29, 0.717) is 12.8 Å². The first-order chi connectivity index (χ1) is 29.0. The predicted molar refractivity (Wildman–Crippen MR) is 237 cm³/mol. The van der Waals surface area contributed by atoms with E-state index in [4.69, 9.17) is 18.9 Å². The van der Waals surface area contributed by atoms with Crippen LogP contribution >= 0.6 is 0 Å². The normalized spacial score (nSPS) is 21.2. The molecule has 1 rings (SSSR count). The summed E-state index contributed by atoms with van der Waals surface area (Å²) < 4.78 is 53.9. The summed E-state index contributed by atoms with van der Waals surface area (Å²) in [6.45, 7) is 3.48. The zero-order chi connectivity index (χ0) is 44.1. The van der Waals surface area contributed by atoms with Crippen LogP contribution in [0.15, 0.2) is 109 Å². The van der Waals surface area contributed by atoms with Gasteiger partial charge >= 0.3 is 11.9 Å². The fraction of sp³-hybridized carbons (Fsp3) is 0.574. The fourth-order valence-electron chi connectivity index (χ4n) is 5.71. The third kappa shape index (κ3) is 30.4. The Kier molecular flexibility index (Phi) is 32.6. The van der Waals surface area contributed by atoms with E-state index in [-0.39, 0.29) is 19.4 Å². The molecule has 0 bridgehead atoms. The smallest absolute Gasteiger partial charge is 0.306 e. The van der Waals surface area contributed by atoms with Crippen LogP contribution < -0.4 is 0 Å². The van der Waals surface area contributed by atoms with Crippen molar-refractivity contribution in [3.63, 3.8) is 0 Å². The van der Waals surface area contributed by atoms with Gasteiger partial charge in [-0.25, -0.2) is 0 Å². The molecule has 1 heterocycles. The van der Waals surface area contributed by atoms with Crippen molar-refractivity contribution in [3.05, 3.63) is 109 Å². The van der Waals surface area contributed by atoms with Gasteiger partial charge in [0.05, 0.1) is 6.61 Å². The first kappa shape index (κ1) is 54.3. The Morgan fingerprint density at radius 1 is 0.600 bits per heavy atom. The molecule has 1 aliphatic heterocycles. The molecular formula is C47H72O12S. The van der Waals surface area contributed by atoms with Crippen molar-refractivity contribution in [1.29, 1.82) is 0 Å². The van der Waals surface area contributed by atoms with E-state index in [1.165, 1.54) is 38.5 Å². The highest BCUT2D eigenvalue weighted by atomic mass is 32.2. The number of ether oxygens (including phenoxy) is 4. The Morgan fingerprint density at radius 3 is 1.77 bits per heavy atom. The molecule has 1 fully saturated rings. The lowest BCUT2D eigenvalue weighted by Crippen LogP contribution is -2.60. The Labute approximate surface area is 359 Å². The number of allylic oxidation sites excluding steroid dienone is 18. The van der Waals surface area contributed by atoms with E-state index in [9.17, 15) is 37.9 Å². The number of unbranched alkanes of at least 4 members (excludes halogenated alkanes) is 9. The topological polar surface area (TPSA) is 186 Å². The number of aliphatic hydroxyl groups is 3. The minimum Gasteiger partial charge on any atom is -0.462 e. The van der Waals surface area contributed by atoms with Crippen LogP contribution in [0.4, 0.5) is 0 Å². The van der Waals surface area contributed by atoms with Gasteiger partial charge in [-0.2, -0.15) is 8.42 Å². The van der Waals surface area contributed by atoms with E-state index < -0.39 is 71.2 Å². The van der Waals surface area contributed by atoms with Crippen LogP contribution in [-0.4, -0.2) is 96.0 Å². The molecule has 13 heteroatoms. The first-order valence-corrected chi connectivity index (χ1v) is 23.2. The number of rotatable bonds is 33. The molecule has 0 saturated carbocycles. The van der Waals surface area contributed by atoms with Crippen LogP contribution in [0.5, 0.6) is 0 Å². The molecule has 0 aromatic rings. The molecule has 0 spiro atoms. The van der Waals surface area contributed by atoms with Crippen molar-refractivity contribution in [2.24, 2.45) is 0 Å². The monoisotopic (exact) mass is 860 g/mol. The Morgan fingerprint density at radius 2 is 1.15 bits per heavy atom. The molecule has 4 N–H and O–H groups in total. The van der Waals surface area contributed by atoms with Gasteiger partial charge in [-0.05, 0) is 51.4 Å². The van der Waals surface area contributed by atoms with E-state index >= 15 is 0 Å². The minimum atomic E-state index is -4.62. The zero-order valence-corrected chi connectivity index (χ0v) is 36.6. The van der Waals surface area contributed by atoms with Crippen LogP contribution in [0.1, 0.15) is 117 Å². The molecule has 6 atom stereocenters. The molecule has 0 amide bonds. The minimum absolute atomic E-state index is 0.0401. The summed E-state index contributed by atoms with van der Waals surface area (Å²) in [6, 6.07) is 0. The lowest BCUT2D eigenvalue weighted by Gasteiger charge is -2.40. The largest absolute Gasteiger partial charge is 0.462 e. The molecule has 338 valence electrons. The molecule has 12 nitrogen and oxygen atoms in total. The van der Waals surface area contributed by atoms with E-state index in [0.717, 1.165) is 38.5 Å². The maximum absolute atomic E-state index is 12.7. The van der Waals surface area contributed by atoms with Crippen molar-refractivity contribution in [1.82, 2.24) is 0 Å². The Balaban J connectivity index is 2.56. The van der Waals surface area contributed by atoms with E-state index in [1.807, 2.05) is 85.1 Å². The van der Waals surface area contributed by atoms with Gasteiger partial charge in [0.2, 0.25) is 0 Å². The molecule has 60 heavy (non-hydrogen) atoms. The molecular weight excluding hydrogens is 789 g/mol. The molecule has 1 aliphatic rings. The summed E-state index contributed by atoms with van der Waals surface area (Å²) in [5, 5.41) is 30.8. The second-order valence-electron chi connectivity index (χ2n) is 14.5. The fourth-order valence-corrected chi connectivity index (χ4v) is 6.40. The summed E-state index contributed by atoms with van der Waals surface area (Å²) >= 11 is 0. The second-order valence-corrected chi connectivity index (χ2v) is 16.0. The average molecular weight is 861 g/mol. The van der Waals surface area contributed by atoms with Gasteiger partial charge in [0, 0.05) is 12.8 Å². The van der Waals surface area contributed by atoms with Gasteiger partial charge in [0.15, 0.2) is 12.4 Å². The summed E-state index contributed by atoms with van der Waals surface area (Å²) in [6.07, 6.45) is 40.0. The van der Waals surface area contributed by atoms with Crippen molar-refractivity contribution in [3.8, 4) is 0 Å². The lowest BCUT2D eigenvalue weighted by atomic mass is 10.00. The van der Waals surface area contributed by atoms with Gasteiger partial charge in [0.1, 0.15) is 36.8 Å². The third-order valence-corrected chi connectivity index (χ3v) is 9.79. The highest BCUT2D eigenvalue weighted by Crippen LogP contribution is 2.23. The summed E-state index contributed by atoms with van der Waals surface area (Å²) in [5.74, 6) is -2.15. The van der Waals surface area contributed by atoms with Crippen LogP contribution in [0.2, 0.25) is 0 Å². The van der Waals surface area contributed by atoms with E-state index in [1.54, 1.807) is 0 Å². The lowest BCUT2D eigenvalue weighted by molar-refractivity contribution is -0.297. The highest BCUT2D eigenvalue weighted by molar-refractivity contribution is 7.85. The number of esters is 2. The van der Waals surface area contributed by atoms with Crippen molar-refractivity contribution in [2.75, 3.05) is 19.0 Å². The van der Waals surface area contributed by atoms with Gasteiger partial charge in [-0.3, -0.25) is 14.1 Å². The maximum Gasteiger partial charge on any atom is 0.306 e. The number of carbonyl (C=O) groups excluding carboxylic acids is 2. The zero-order valence-electron chi connectivity index (χ0n) is 35.8. The summed E-state index contributed by atoms with van der Waals surface area (Å²) in [5.41, 5.74) is 0. The van der Waals surface area contributed by atoms with Crippen LogP contribution in [0.25, 0.3) is 0 Å². The standard InChI is InChI=1S/C47H72O12S/c1-3-5-7-9-11-13-15-17-18-19-20-21-22-24-25-27-29-31-33-35-42(48)56-37-40(38-57-47-46(52)45(51)44(50)41(59-47)39-60(53,54)55)58-43(49)36-34-32-30-28-26-23-16-14-12-10-8-6-4-2/h5,7,9,11,13,15,17-26,30,32,40-41,44-47,50-52H,3-4,6,8,10,12,14,16,27-29,31,33-39H2,1-2H3,(H,53,54,55)/b7-5+,11-9+,15-13+,18-17+,20-19+,22-21+,25-24+,26-23+,32-30+/t40?,41-,44-,45?,46?,47+/m1/s1. The van der Waals surface area contributed by atoms with Crippen molar-refractivity contribution < 1.29 is 56.8 Å². The average Bonchev–Trinajstić information content (AvgIpc) is 3.21. The van der Waals surface area contributed by atoms with Crippen molar-refractivity contribution in [2.45, 2.75) is 153 Å². The van der Waals surface area contributed by atoms with Gasteiger partial charge in [-0.15, -0.1) is 0 Å². The van der Waals surface area contributed by atoms with Crippen molar-refractivity contribution >= 4 is 22.1 Å². The predicted octanol–water partition coefficient (Wildman–Crippen LogP) is 8.44. The number of aliphatic hydroxyl groups excluding tert-OH is 3. The molecule has 0 radical (unpaired) electrons. The molecule has 0 aromatic heterocycles. The third-order valence-electron chi connectivity index (χ3n) is 9.04. The van der Waals surface area contributed by atoms with Crippen LogP contribution in [0.3, 0.4) is 0 Å². The molecule has 3 unspecified atom stereocenters. The maximum atomic E-state index is 12.7. The van der Waals surface area contributed by atoms with Gasteiger partial charge < -0.3 is 34.3 Å². The molecule has 1 saturated heterocycles. The SMILES string of the molecule is CC/C=C/C=C/C=C/C=C/C=C/C=C/C=C/CCCCCC(=O)OCC(CO[C@H]1O[C@H](CS(=O)(=O)O)[C@@H](O)C(O)C1O)OC(=O)CC/C=C/C/C=C/CCCCCCCC. The highest BCUT2D eigenvalue weighted by Gasteiger charge is 2.46. The summed E-state index contributed by atoms with van der Waals surface area (Å²) in [7, 11) is -4.62. The van der Waals surface area contributed by atoms with Crippen LogP contribution in [-0.2, 0) is 38.7 Å². The van der Waals surface area contributed by atoms with Crippen LogP contribution in [0, 0.1) is 0 Å². The summed E-state index contributed by atoms with van der Waals surface area (Å²) in [4.78, 5) is 25.3. The Hall–Kier alpha value is -3.69.